The van der Waals surface area contributed by atoms with Gasteiger partial charge in [-0.2, -0.15) is 5.10 Å². The summed E-state index contributed by atoms with van der Waals surface area (Å²) in [5, 5.41) is 6.93. The molecule has 0 radical (unpaired) electrons. The Balaban J connectivity index is 2.13. The fraction of sp³-hybridized carbons (Fsp3) is 0.333. The van der Waals surface area contributed by atoms with Crippen LogP contribution in [0.2, 0.25) is 0 Å². The van der Waals surface area contributed by atoms with Gasteiger partial charge in [-0.3, -0.25) is 14.6 Å². The molecule has 0 saturated heterocycles. The highest BCUT2D eigenvalue weighted by Gasteiger charge is 2.13. The number of rotatable bonds is 5. The Kier molecular flexibility index (Phi) is 4.81. The molecule has 110 valence electrons. The summed E-state index contributed by atoms with van der Waals surface area (Å²) in [5.41, 5.74) is 0.945. The van der Waals surface area contributed by atoms with E-state index in [1.165, 1.54) is 16.8 Å². The first-order valence-electron chi connectivity index (χ1n) is 6.90. The fourth-order valence-electron chi connectivity index (χ4n) is 1.93. The minimum atomic E-state index is -0.309. The number of pyridine rings is 1. The molecule has 0 aromatic carbocycles. The van der Waals surface area contributed by atoms with Crippen molar-refractivity contribution in [1.29, 1.82) is 0 Å². The highest BCUT2D eigenvalue weighted by atomic mass is 16.2. The average Bonchev–Trinajstić information content (AvgIpc) is 2.50. The van der Waals surface area contributed by atoms with Gasteiger partial charge in [-0.1, -0.05) is 13.0 Å². The number of nitrogens with one attached hydrogen (secondary N) is 1. The zero-order valence-corrected chi connectivity index (χ0v) is 12.1. The van der Waals surface area contributed by atoms with Gasteiger partial charge in [-0.25, -0.2) is 4.68 Å². The Morgan fingerprint density at radius 2 is 2.19 bits per heavy atom. The maximum absolute atomic E-state index is 12.2. The van der Waals surface area contributed by atoms with Gasteiger partial charge < -0.3 is 5.32 Å². The molecule has 1 atom stereocenters. The molecule has 0 fully saturated rings. The molecule has 6 nitrogen and oxygen atoms in total. The zero-order chi connectivity index (χ0) is 15.2. The molecular weight excluding hydrogens is 268 g/mol. The smallest absolute Gasteiger partial charge is 0.272 e. The van der Waals surface area contributed by atoms with Crippen LogP contribution in [0.5, 0.6) is 0 Å². The van der Waals surface area contributed by atoms with Crippen LogP contribution < -0.4 is 10.9 Å². The van der Waals surface area contributed by atoms with E-state index in [4.69, 9.17) is 0 Å². The normalized spacial score (nSPS) is 11.9. The van der Waals surface area contributed by atoms with Gasteiger partial charge in [0.05, 0.1) is 6.04 Å². The highest BCUT2D eigenvalue weighted by Crippen LogP contribution is 2.10. The van der Waals surface area contributed by atoms with Gasteiger partial charge in [-0.05, 0) is 31.0 Å². The molecule has 0 aliphatic rings. The lowest BCUT2D eigenvalue weighted by Gasteiger charge is -2.13. The lowest BCUT2D eigenvalue weighted by molar-refractivity contribution is 0.0932. The van der Waals surface area contributed by atoms with E-state index < -0.39 is 0 Å². The lowest BCUT2D eigenvalue weighted by Crippen LogP contribution is -2.31. The first-order valence-corrected chi connectivity index (χ1v) is 6.90. The van der Waals surface area contributed by atoms with Crippen molar-refractivity contribution in [2.45, 2.75) is 32.9 Å². The Bertz CT molecular complexity index is 667. The van der Waals surface area contributed by atoms with Crippen LogP contribution in [0.3, 0.4) is 0 Å². The molecule has 1 unspecified atom stereocenters. The summed E-state index contributed by atoms with van der Waals surface area (Å²) < 4.78 is 1.31. The Morgan fingerprint density at radius 1 is 1.38 bits per heavy atom. The van der Waals surface area contributed by atoms with Crippen molar-refractivity contribution in [2.75, 3.05) is 0 Å². The Labute approximate surface area is 122 Å². The largest absolute Gasteiger partial charge is 0.344 e. The summed E-state index contributed by atoms with van der Waals surface area (Å²) in [7, 11) is 0. The van der Waals surface area contributed by atoms with Crippen molar-refractivity contribution in [2.24, 2.45) is 0 Å². The monoisotopic (exact) mass is 286 g/mol. The molecule has 1 amide bonds. The van der Waals surface area contributed by atoms with Crippen molar-refractivity contribution < 1.29 is 4.79 Å². The molecule has 6 heteroatoms. The first kappa shape index (κ1) is 14.9. The fourth-order valence-corrected chi connectivity index (χ4v) is 1.93. The van der Waals surface area contributed by atoms with Gasteiger partial charge in [0.25, 0.3) is 11.5 Å². The first-order chi connectivity index (χ1) is 10.1. The Hall–Kier alpha value is -2.50. The second kappa shape index (κ2) is 6.78. The summed E-state index contributed by atoms with van der Waals surface area (Å²) in [6.07, 6.45) is 4.17. The molecule has 2 aromatic rings. The molecule has 0 bridgehead atoms. The van der Waals surface area contributed by atoms with Crippen LogP contribution in [0.1, 0.15) is 42.4 Å². The van der Waals surface area contributed by atoms with Crippen molar-refractivity contribution >= 4 is 5.91 Å². The number of hydrogen-bond donors (Lipinski definition) is 1. The van der Waals surface area contributed by atoms with E-state index in [0.717, 1.165) is 12.0 Å². The van der Waals surface area contributed by atoms with Crippen LogP contribution in [0.4, 0.5) is 0 Å². The third-order valence-electron chi connectivity index (χ3n) is 3.07. The highest BCUT2D eigenvalue weighted by molar-refractivity contribution is 5.92. The minimum absolute atomic E-state index is 0.181. The summed E-state index contributed by atoms with van der Waals surface area (Å²) in [5.74, 6) is -0.309. The van der Waals surface area contributed by atoms with Crippen LogP contribution in [0.25, 0.3) is 0 Å². The topological polar surface area (TPSA) is 76.9 Å². The predicted octanol–water partition coefficient (Wildman–Crippen LogP) is 1.54. The van der Waals surface area contributed by atoms with Crippen molar-refractivity contribution in [3.8, 4) is 0 Å². The molecule has 21 heavy (non-hydrogen) atoms. The number of amides is 1. The molecule has 1 N–H and O–H groups in total. The van der Waals surface area contributed by atoms with Crippen LogP contribution in [0, 0.1) is 0 Å². The molecule has 0 spiro atoms. The van der Waals surface area contributed by atoms with Gasteiger partial charge in [-0.15, -0.1) is 0 Å². The van der Waals surface area contributed by atoms with Crippen molar-refractivity contribution in [1.82, 2.24) is 20.1 Å². The van der Waals surface area contributed by atoms with E-state index in [1.54, 1.807) is 12.4 Å². The number of nitrogens with zero attached hydrogens (tertiary/aromatic N) is 3. The van der Waals surface area contributed by atoms with Crippen molar-refractivity contribution in [3.05, 3.63) is 58.3 Å². The molecule has 2 aromatic heterocycles. The molecule has 0 saturated carbocycles. The number of aryl methyl sites for hydroxylation is 1. The molecule has 0 aliphatic carbocycles. The summed E-state index contributed by atoms with van der Waals surface area (Å²) in [6, 6.07) is 6.34. The number of carbonyl (C=O) groups excluding carboxylic acids is 1. The number of hydrogen-bond acceptors (Lipinski definition) is 4. The number of carbonyl (C=O) groups is 1. The summed E-state index contributed by atoms with van der Waals surface area (Å²) in [4.78, 5) is 27.8. The predicted molar refractivity (Wildman–Crippen MR) is 78.9 cm³/mol. The number of aromatic nitrogens is 3. The Morgan fingerprint density at radius 3 is 2.86 bits per heavy atom. The maximum Gasteiger partial charge on any atom is 0.272 e. The van der Waals surface area contributed by atoms with Crippen LogP contribution in [-0.4, -0.2) is 20.7 Å². The van der Waals surface area contributed by atoms with E-state index in [0.29, 0.717) is 6.54 Å². The third-order valence-corrected chi connectivity index (χ3v) is 3.07. The van der Waals surface area contributed by atoms with E-state index in [9.17, 15) is 9.59 Å². The minimum Gasteiger partial charge on any atom is -0.344 e. The van der Waals surface area contributed by atoms with E-state index >= 15 is 0 Å². The van der Waals surface area contributed by atoms with E-state index in [1.807, 2.05) is 26.0 Å². The molecule has 2 rings (SSSR count). The molecular formula is C15H18N4O2. The second-order valence-electron chi connectivity index (χ2n) is 4.76. The van der Waals surface area contributed by atoms with Gasteiger partial charge >= 0.3 is 0 Å². The lowest BCUT2D eigenvalue weighted by atomic mass is 10.1. The van der Waals surface area contributed by atoms with Gasteiger partial charge in [0, 0.05) is 25.0 Å². The standard InChI is InChI=1S/C15H18N4O2/c1-3-9-19-14(20)7-6-13(18-19)15(21)17-11(2)12-5-4-8-16-10-12/h4-8,10-11H,3,9H2,1-2H3,(H,17,21). The zero-order valence-electron chi connectivity index (χ0n) is 12.1. The van der Waals surface area contributed by atoms with Gasteiger partial charge in [0.2, 0.25) is 0 Å². The maximum atomic E-state index is 12.2. The third kappa shape index (κ3) is 3.75. The quantitative estimate of drug-likeness (QED) is 0.904. The average molecular weight is 286 g/mol. The summed E-state index contributed by atoms with van der Waals surface area (Å²) in [6.45, 7) is 4.32. The van der Waals surface area contributed by atoms with E-state index in [2.05, 4.69) is 15.4 Å². The van der Waals surface area contributed by atoms with Crippen LogP contribution in [-0.2, 0) is 6.54 Å². The van der Waals surface area contributed by atoms with Crippen LogP contribution >= 0.6 is 0 Å². The van der Waals surface area contributed by atoms with E-state index in [-0.39, 0.29) is 23.2 Å². The molecule has 0 aliphatic heterocycles. The van der Waals surface area contributed by atoms with Crippen LogP contribution in [0.15, 0.2) is 41.5 Å². The van der Waals surface area contributed by atoms with Gasteiger partial charge in [0.15, 0.2) is 0 Å². The van der Waals surface area contributed by atoms with Gasteiger partial charge in [0.1, 0.15) is 5.69 Å². The summed E-state index contributed by atoms with van der Waals surface area (Å²) >= 11 is 0. The van der Waals surface area contributed by atoms with Crippen molar-refractivity contribution in [3.63, 3.8) is 0 Å². The molecule has 2 heterocycles. The SMILES string of the molecule is CCCn1nc(C(=O)NC(C)c2cccnc2)ccc1=O. The second-order valence-corrected chi connectivity index (χ2v) is 4.76.